The number of amides is 1. The lowest BCUT2D eigenvalue weighted by Crippen LogP contribution is -2.26. The second-order valence-electron chi connectivity index (χ2n) is 4.82. The number of rotatable bonds is 2. The molecule has 6 nitrogen and oxygen atoms in total. The Hall–Kier alpha value is -1.60. The van der Waals surface area contributed by atoms with Gasteiger partial charge in [0.2, 0.25) is 15.0 Å². The van der Waals surface area contributed by atoms with Crippen molar-refractivity contribution in [2.75, 3.05) is 11.4 Å². The highest BCUT2D eigenvalue weighted by Crippen LogP contribution is 2.28. The summed E-state index contributed by atoms with van der Waals surface area (Å²) >= 11 is 0. The molecule has 0 radical (unpaired) electrons. The standard InChI is InChI=1S/C12H12ClN3O3S/c1-15-11-3-2-9(4-8(11)6-14-15)16-7-10(5-12(16)17)20(13,18)19/h2-4,6,10H,5,7H2,1H3. The van der Waals surface area contributed by atoms with Gasteiger partial charge in [-0.25, -0.2) is 8.42 Å². The lowest BCUT2D eigenvalue weighted by Gasteiger charge is -2.16. The molecule has 8 heteroatoms. The van der Waals surface area contributed by atoms with Crippen LogP contribution in [0, 0.1) is 0 Å². The van der Waals surface area contributed by atoms with E-state index in [1.165, 1.54) is 4.90 Å². The molecule has 1 saturated heterocycles. The number of benzene rings is 1. The van der Waals surface area contributed by atoms with E-state index < -0.39 is 14.3 Å². The molecule has 2 heterocycles. The first-order valence-corrected chi connectivity index (χ1v) is 8.39. The largest absolute Gasteiger partial charge is 0.311 e. The van der Waals surface area contributed by atoms with E-state index in [0.717, 1.165) is 10.9 Å². The van der Waals surface area contributed by atoms with Crippen LogP contribution < -0.4 is 4.90 Å². The van der Waals surface area contributed by atoms with E-state index in [-0.39, 0.29) is 18.9 Å². The van der Waals surface area contributed by atoms with Gasteiger partial charge >= 0.3 is 0 Å². The molecule has 0 aliphatic carbocycles. The van der Waals surface area contributed by atoms with Crippen LogP contribution in [0.1, 0.15) is 6.42 Å². The number of carbonyl (C=O) groups excluding carboxylic acids is 1. The van der Waals surface area contributed by atoms with Gasteiger partial charge in [0, 0.05) is 41.8 Å². The summed E-state index contributed by atoms with van der Waals surface area (Å²) in [5.41, 5.74) is 1.61. The molecule has 3 rings (SSSR count). The van der Waals surface area contributed by atoms with Gasteiger partial charge in [-0.15, -0.1) is 0 Å². The van der Waals surface area contributed by atoms with Gasteiger partial charge in [0.1, 0.15) is 5.25 Å². The van der Waals surface area contributed by atoms with E-state index in [0.29, 0.717) is 5.69 Å². The van der Waals surface area contributed by atoms with Gasteiger partial charge < -0.3 is 4.90 Å². The van der Waals surface area contributed by atoms with Crippen LogP contribution in [0.5, 0.6) is 0 Å². The van der Waals surface area contributed by atoms with Gasteiger partial charge in [-0.05, 0) is 18.2 Å². The highest BCUT2D eigenvalue weighted by atomic mass is 35.7. The minimum atomic E-state index is -3.72. The molecule has 0 N–H and O–H groups in total. The van der Waals surface area contributed by atoms with Crippen LogP contribution >= 0.6 is 10.7 Å². The minimum absolute atomic E-state index is 0.0725. The monoisotopic (exact) mass is 313 g/mol. The van der Waals surface area contributed by atoms with Crippen molar-refractivity contribution in [1.29, 1.82) is 0 Å². The van der Waals surface area contributed by atoms with Crippen molar-refractivity contribution in [2.45, 2.75) is 11.7 Å². The summed E-state index contributed by atoms with van der Waals surface area (Å²) in [6.07, 6.45) is 1.63. The van der Waals surface area contributed by atoms with E-state index in [2.05, 4.69) is 5.10 Å². The fourth-order valence-corrected chi connectivity index (χ4v) is 3.46. The topological polar surface area (TPSA) is 72.3 Å². The summed E-state index contributed by atoms with van der Waals surface area (Å²) in [5.74, 6) is -0.234. The molecule has 106 valence electrons. The summed E-state index contributed by atoms with van der Waals surface area (Å²) in [5, 5.41) is 4.19. The molecule has 1 aromatic heterocycles. The molecule has 1 aliphatic heterocycles. The van der Waals surface area contributed by atoms with Crippen molar-refractivity contribution in [2.24, 2.45) is 7.05 Å². The number of aromatic nitrogens is 2. The van der Waals surface area contributed by atoms with Crippen LogP contribution in [0.2, 0.25) is 0 Å². The molecule has 1 unspecified atom stereocenters. The number of anilines is 1. The normalized spacial score (nSPS) is 20.0. The highest BCUT2D eigenvalue weighted by Gasteiger charge is 2.38. The Bertz CT molecular complexity index is 799. The summed E-state index contributed by atoms with van der Waals surface area (Å²) in [6.45, 7) is 0.0937. The third-order valence-electron chi connectivity index (χ3n) is 3.53. The quantitative estimate of drug-likeness (QED) is 0.782. The maximum absolute atomic E-state index is 12.0. The fraction of sp³-hybridized carbons (Fsp3) is 0.333. The minimum Gasteiger partial charge on any atom is -0.311 e. The third kappa shape index (κ3) is 2.16. The first kappa shape index (κ1) is 13.4. The average molecular weight is 314 g/mol. The van der Waals surface area contributed by atoms with Gasteiger partial charge in [0.15, 0.2) is 0 Å². The number of nitrogens with zero attached hydrogens (tertiary/aromatic N) is 3. The first-order valence-electron chi connectivity index (χ1n) is 6.02. The van der Waals surface area contributed by atoms with Crippen molar-refractivity contribution in [3.05, 3.63) is 24.4 Å². The lowest BCUT2D eigenvalue weighted by atomic mass is 10.2. The van der Waals surface area contributed by atoms with E-state index in [4.69, 9.17) is 10.7 Å². The van der Waals surface area contributed by atoms with Crippen LogP contribution in [-0.2, 0) is 20.9 Å². The first-order chi connectivity index (χ1) is 9.36. The maximum Gasteiger partial charge on any atom is 0.237 e. The Morgan fingerprint density at radius 1 is 1.40 bits per heavy atom. The van der Waals surface area contributed by atoms with Crippen LogP contribution in [0.25, 0.3) is 10.9 Å². The van der Waals surface area contributed by atoms with E-state index >= 15 is 0 Å². The molecule has 0 bridgehead atoms. The SMILES string of the molecule is Cn1ncc2cc(N3CC(S(=O)(=O)Cl)CC3=O)ccc21. The van der Waals surface area contributed by atoms with Gasteiger partial charge in [0.25, 0.3) is 0 Å². The van der Waals surface area contributed by atoms with Crippen molar-refractivity contribution < 1.29 is 13.2 Å². The highest BCUT2D eigenvalue weighted by molar-refractivity contribution is 8.14. The van der Waals surface area contributed by atoms with Crippen molar-refractivity contribution in [3.63, 3.8) is 0 Å². The summed E-state index contributed by atoms with van der Waals surface area (Å²) < 4.78 is 24.4. The summed E-state index contributed by atoms with van der Waals surface area (Å²) in [4.78, 5) is 13.4. The molecular formula is C12H12ClN3O3S. The third-order valence-corrected chi connectivity index (χ3v) is 5.40. The summed E-state index contributed by atoms with van der Waals surface area (Å²) in [6, 6.07) is 5.46. The summed E-state index contributed by atoms with van der Waals surface area (Å²) in [7, 11) is 3.45. The van der Waals surface area contributed by atoms with E-state index in [1.807, 2.05) is 19.2 Å². The Balaban J connectivity index is 1.97. The maximum atomic E-state index is 12.0. The molecule has 1 atom stereocenters. The zero-order chi connectivity index (χ0) is 14.5. The van der Waals surface area contributed by atoms with Crippen molar-refractivity contribution in [3.8, 4) is 0 Å². The molecule has 20 heavy (non-hydrogen) atoms. The second-order valence-corrected chi connectivity index (χ2v) is 7.73. The number of halogens is 1. The van der Waals surface area contributed by atoms with Gasteiger partial charge in [-0.2, -0.15) is 5.10 Å². The second kappa shape index (κ2) is 4.46. The lowest BCUT2D eigenvalue weighted by molar-refractivity contribution is -0.117. The molecule has 1 aliphatic rings. The van der Waals surface area contributed by atoms with Gasteiger partial charge in [-0.1, -0.05) is 0 Å². The number of fused-ring (bicyclic) bond motifs is 1. The van der Waals surface area contributed by atoms with Crippen molar-refractivity contribution >= 4 is 42.2 Å². The Kier molecular flexibility index (Phi) is 2.98. The van der Waals surface area contributed by atoms with Gasteiger partial charge in [0.05, 0.1) is 11.7 Å². The molecule has 1 amide bonds. The molecular weight excluding hydrogens is 302 g/mol. The predicted octanol–water partition coefficient (Wildman–Crippen LogP) is 1.25. The van der Waals surface area contributed by atoms with Crippen molar-refractivity contribution in [1.82, 2.24) is 9.78 Å². The Morgan fingerprint density at radius 3 is 2.80 bits per heavy atom. The van der Waals surface area contributed by atoms with Crippen LogP contribution in [0.4, 0.5) is 5.69 Å². The van der Waals surface area contributed by atoms with Crippen LogP contribution in [-0.4, -0.2) is 35.9 Å². The molecule has 1 fully saturated rings. The molecule has 2 aromatic rings. The average Bonchev–Trinajstić information content (AvgIpc) is 2.93. The Labute approximate surface area is 120 Å². The smallest absolute Gasteiger partial charge is 0.237 e. The molecule has 0 spiro atoms. The number of carbonyl (C=O) groups is 1. The van der Waals surface area contributed by atoms with Gasteiger partial charge in [-0.3, -0.25) is 9.48 Å². The number of hydrogen-bond acceptors (Lipinski definition) is 4. The van der Waals surface area contributed by atoms with E-state index in [9.17, 15) is 13.2 Å². The van der Waals surface area contributed by atoms with Crippen LogP contribution in [0.15, 0.2) is 24.4 Å². The zero-order valence-electron chi connectivity index (χ0n) is 10.7. The predicted molar refractivity (Wildman–Crippen MR) is 76.2 cm³/mol. The van der Waals surface area contributed by atoms with E-state index in [1.54, 1.807) is 16.9 Å². The fourth-order valence-electron chi connectivity index (χ4n) is 2.43. The number of aryl methyl sites for hydroxylation is 1. The zero-order valence-corrected chi connectivity index (χ0v) is 12.2. The molecule has 0 saturated carbocycles. The van der Waals surface area contributed by atoms with Crippen LogP contribution in [0.3, 0.4) is 0 Å². The number of hydrogen-bond donors (Lipinski definition) is 0. The Morgan fingerprint density at radius 2 is 2.15 bits per heavy atom. The molecule has 1 aromatic carbocycles.